The molecule has 2 aromatic rings. The van der Waals surface area contributed by atoms with E-state index in [0.717, 1.165) is 24.2 Å². The fourth-order valence-electron chi connectivity index (χ4n) is 3.51. The molecule has 0 bridgehead atoms. The van der Waals surface area contributed by atoms with E-state index in [4.69, 9.17) is 4.74 Å². The summed E-state index contributed by atoms with van der Waals surface area (Å²) in [5.74, 6) is 0.613. The van der Waals surface area contributed by atoms with Gasteiger partial charge >= 0.3 is 0 Å². The van der Waals surface area contributed by atoms with Crippen LogP contribution < -0.4 is 15.2 Å². The Bertz CT molecular complexity index is 907. The molecule has 1 aromatic carbocycles. The van der Waals surface area contributed by atoms with Gasteiger partial charge in [-0.1, -0.05) is 0 Å². The smallest absolute Gasteiger partial charge is 0.254 e. The average Bonchev–Trinajstić information content (AvgIpc) is 3.41. The van der Waals surface area contributed by atoms with E-state index >= 15 is 0 Å². The summed E-state index contributed by atoms with van der Waals surface area (Å²) in [5, 5.41) is 0. The van der Waals surface area contributed by atoms with Crippen molar-refractivity contribution in [1.29, 1.82) is 0 Å². The maximum absolute atomic E-state index is 12.5. The zero-order valence-electron chi connectivity index (χ0n) is 16.0. The van der Waals surface area contributed by atoms with E-state index in [0.29, 0.717) is 30.4 Å². The van der Waals surface area contributed by atoms with Gasteiger partial charge in [0.05, 0.1) is 13.1 Å². The summed E-state index contributed by atoms with van der Waals surface area (Å²) in [6.45, 7) is 3.03. The summed E-state index contributed by atoms with van der Waals surface area (Å²) in [6.07, 6.45) is 2.09. The van der Waals surface area contributed by atoms with Gasteiger partial charge in [0.15, 0.2) is 0 Å². The third-order valence-electron chi connectivity index (χ3n) is 5.21. The number of anilines is 1. The predicted molar refractivity (Wildman–Crippen MR) is 105 cm³/mol. The molecule has 142 valence electrons. The maximum atomic E-state index is 12.5. The number of carbonyl (C=O) groups excluding carboxylic acids is 1. The number of ether oxygens (including phenoxy) is 1. The number of rotatable bonds is 5. The van der Waals surface area contributed by atoms with Gasteiger partial charge in [-0.15, -0.1) is 0 Å². The lowest BCUT2D eigenvalue weighted by Gasteiger charge is -2.39. The van der Waals surface area contributed by atoms with Crippen LogP contribution in [0.5, 0.6) is 5.75 Å². The minimum absolute atomic E-state index is 0.000683. The molecule has 1 saturated heterocycles. The number of carbonyl (C=O) groups is 1. The first-order chi connectivity index (χ1) is 12.9. The van der Waals surface area contributed by atoms with Gasteiger partial charge in [-0.25, -0.2) is 0 Å². The Kier molecular flexibility index (Phi) is 4.42. The fraction of sp³-hybridized carbons (Fsp3) is 0.429. The predicted octanol–water partition coefficient (Wildman–Crippen LogP) is 2.46. The molecular weight excluding hydrogens is 342 g/mol. The Balaban J connectivity index is 1.35. The highest BCUT2D eigenvalue weighted by molar-refractivity contribution is 5.95. The lowest BCUT2D eigenvalue weighted by atomic mass is 10.1. The van der Waals surface area contributed by atoms with Gasteiger partial charge in [-0.3, -0.25) is 9.59 Å². The van der Waals surface area contributed by atoms with Crippen LogP contribution in [-0.4, -0.2) is 48.7 Å². The molecule has 1 saturated carbocycles. The molecule has 0 N–H and O–H groups in total. The molecule has 1 aliphatic heterocycles. The summed E-state index contributed by atoms with van der Waals surface area (Å²) < 4.78 is 7.77. The molecule has 0 spiro atoms. The Labute approximate surface area is 159 Å². The van der Waals surface area contributed by atoms with Crippen LogP contribution in [0.2, 0.25) is 0 Å². The van der Waals surface area contributed by atoms with Gasteiger partial charge in [-0.05, 0) is 50.1 Å². The summed E-state index contributed by atoms with van der Waals surface area (Å²) >= 11 is 0. The van der Waals surface area contributed by atoms with Crippen molar-refractivity contribution < 1.29 is 9.53 Å². The van der Waals surface area contributed by atoms with Crippen molar-refractivity contribution >= 4 is 11.6 Å². The van der Waals surface area contributed by atoms with E-state index in [-0.39, 0.29) is 17.6 Å². The van der Waals surface area contributed by atoms with Crippen molar-refractivity contribution in [2.75, 3.05) is 32.1 Å². The van der Waals surface area contributed by atoms with Crippen LogP contribution in [0, 0.1) is 6.92 Å². The fourth-order valence-corrected chi connectivity index (χ4v) is 3.51. The van der Waals surface area contributed by atoms with Crippen molar-refractivity contribution in [3.63, 3.8) is 0 Å². The van der Waals surface area contributed by atoms with E-state index in [1.165, 1.54) is 0 Å². The Morgan fingerprint density at radius 1 is 1.11 bits per heavy atom. The molecule has 4 rings (SSSR count). The van der Waals surface area contributed by atoms with Gasteiger partial charge in [0, 0.05) is 43.1 Å². The summed E-state index contributed by atoms with van der Waals surface area (Å²) in [6, 6.07) is 11.4. The van der Waals surface area contributed by atoms with Crippen LogP contribution in [0.3, 0.4) is 0 Å². The third-order valence-corrected chi connectivity index (χ3v) is 5.21. The molecular formula is C21H25N3O3. The average molecular weight is 367 g/mol. The molecule has 6 heteroatoms. The number of hydrogen-bond donors (Lipinski definition) is 0. The second-order valence-electron chi connectivity index (χ2n) is 7.66. The molecule has 27 heavy (non-hydrogen) atoms. The quantitative estimate of drug-likeness (QED) is 0.815. The number of likely N-dealkylation sites (tertiary alicyclic amines) is 1. The zero-order valence-corrected chi connectivity index (χ0v) is 16.0. The molecule has 0 radical (unpaired) electrons. The highest BCUT2D eigenvalue weighted by Crippen LogP contribution is 2.35. The minimum atomic E-state index is -0.0643. The molecule has 0 unspecified atom stereocenters. The number of aryl methyl sites for hydroxylation is 1. The Hall–Kier alpha value is -2.76. The lowest BCUT2D eigenvalue weighted by Crippen LogP contribution is -2.56. The first kappa shape index (κ1) is 17.6. The van der Waals surface area contributed by atoms with E-state index < -0.39 is 0 Å². The van der Waals surface area contributed by atoms with Crippen LogP contribution in [-0.2, 0) is 0 Å². The van der Waals surface area contributed by atoms with Gasteiger partial charge in [0.1, 0.15) is 11.9 Å². The van der Waals surface area contributed by atoms with Crippen LogP contribution in [0.25, 0.3) is 0 Å². The van der Waals surface area contributed by atoms with Crippen molar-refractivity contribution in [2.45, 2.75) is 31.9 Å². The van der Waals surface area contributed by atoms with Gasteiger partial charge in [-0.2, -0.15) is 0 Å². The van der Waals surface area contributed by atoms with Crippen molar-refractivity contribution in [2.24, 2.45) is 0 Å². The number of amides is 1. The maximum Gasteiger partial charge on any atom is 0.254 e. The molecule has 2 heterocycles. The Morgan fingerprint density at radius 2 is 1.78 bits per heavy atom. The van der Waals surface area contributed by atoms with Crippen molar-refractivity contribution in [1.82, 2.24) is 9.47 Å². The van der Waals surface area contributed by atoms with E-state index in [1.807, 2.05) is 60.8 Å². The van der Waals surface area contributed by atoms with Crippen LogP contribution in [0.4, 0.5) is 5.69 Å². The minimum Gasteiger partial charge on any atom is -0.486 e. The molecule has 1 aliphatic carbocycles. The van der Waals surface area contributed by atoms with Gasteiger partial charge < -0.3 is 19.1 Å². The molecule has 2 aliphatic rings. The SMILES string of the molecule is Cc1cc(OC2CN(C(=O)c3ccc(N(C)C)cc3)C2)cc(=O)n1C1CC1. The molecule has 0 atom stereocenters. The first-order valence-corrected chi connectivity index (χ1v) is 9.39. The van der Waals surface area contributed by atoms with Crippen molar-refractivity contribution in [3.8, 4) is 5.75 Å². The topological polar surface area (TPSA) is 54.8 Å². The molecule has 2 fully saturated rings. The molecule has 1 amide bonds. The largest absolute Gasteiger partial charge is 0.486 e. The first-order valence-electron chi connectivity index (χ1n) is 9.39. The highest BCUT2D eigenvalue weighted by Gasteiger charge is 2.33. The number of pyridine rings is 1. The van der Waals surface area contributed by atoms with Gasteiger partial charge in [0.25, 0.3) is 11.5 Å². The van der Waals surface area contributed by atoms with Crippen LogP contribution >= 0.6 is 0 Å². The Morgan fingerprint density at radius 3 is 2.33 bits per heavy atom. The van der Waals surface area contributed by atoms with E-state index in [2.05, 4.69) is 0 Å². The summed E-state index contributed by atoms with van der Waals surface area (Å²) in [5.41, 5.74) is 2.68. The number of nitrogens with zero attached hydrogens (tertiary/aromatic N) is 3. The van der Waals surface area contributed by atoms with E-state index in [1.54, 1.807) is 11.0 Å². The highest BCUT2D eigenvalue weighted by atomic mass is 16.5. The third kappa shape index (κ3) is 3.56. The monoisotopic (exact) mass is 367 g/mol. The summed E-state index contributed by atoms with van der Waals surface area (Å²) in [7, 11) is 3.94. The standard InChI is InChI=1S/C21H25N3O3/c1-14-10-18(11-20(25)24(14)17-8-9-17)27-19-12-23(13-19)21(26)15-4-6-16(7-5-15)22(2)3/h4-7,10-11,17,19H,8-9,12-13H2,1-3H3. The molecule has 1 aromatic heterocycles. The van der Waals surface area contributed by atoms with Crippen LogP contribution in [0.15, 0.2) is 41.2 Å². The number of aromatic nitrogens is 1. The lowest BCUT2D eigenvalue weighted by molar-refractivity contribution is 0.0176. The molecule has 6 nitrogen and oxygen atoms in total. The normalized spacial score (nSPS) is 16.8. The zero-order chi connectivity index (χ0) is 19.1. The van der Waals surface area contributed by atoms with Crippen molar-refractivity contribution in [3.05, 3.63) is 58.0 Å². The second-order valence-corrected chi connectivity index (χ2v) is 7.66. The van der Waals surface area contributed by atoms with Gasteiger partial charge in [0.2, 0.25) is 0 Å². The number of hydrogen-bond acceptors (Lipinski definition) is 4. The second kappa shape index (κ2) is 6.76. The van der Waals surface area contributed by atoms with E-state index in [9.17, 15) is 9.59 Å². The summed E-state index contributed by atoms with van der Waals surface area (Å²) in [4.78, 5) is 28.6. The van der Waals surface area contributed by atoms with Crippen LogP contribution in [0.1, 0.15) is 34.9 Å². The number of benzene rings is 1.